The molecule has 0 bridgehead atoms. The van der Waals surface area contributed by atoms with Crippen molar-refractivity contribution >= 4 is 16.9 Å². The molecule has 1 saturated carbocycles. The number of imidazole rings is 1. The van der Waals surface area contributed by atoms with Gasteiger partial charge in [0.05, 0.1) is 17.1 Å². The highest BCUT2D eigenvalue weighted by atomic mass is 16.2. The highest BCUT2D eigenvalue weighted by molar-refractivity contribution is 5.82. The van der Waals surface area contributed by atoms with Gasteiger partial charge in [0.15, 0.2) is 0 Å². The Morgan fingerprint density at radius 3 is 2.64 bits per heavy atom. The number of aromatic nitrogens is 2. The first-order valence-electron chi connectivity index (χ1n) is 11.3. The number of amides is 1. The third-order valence-electron chi connectivity index (χ3n) is 7.15. The molecule has 0 radical (unpaired) electrons. The van der Waals surface area contributed by atoms with E-state index in [1.165, 1.54) is 38.5 Å². The largest absolute Gasteiger partial charge is 0.342 e. The van der Waals surface area contributed by atoms with E-state index >= 15 is 0 Å². The number of nitrogens with zero attached hydrogens (tertiary/aromatic N) is 3. The minimum absolute atomic E-state index is 0.123. The van der Waals surface area contributed by atoms with Gasteiger partial charge in [-0.2, -0.15) is 0 Å². The maximum Gasteiger partial charge on any atom is 0.239 e. The monoisotopic (exact) mass is 380 g/mol. The van der Waals surface area contributed by atoms with Crippen LogP contribution in [0.2, 0.25) is 0 Å². The third kappa shape index (κ3) is 3.45. The van der Waals surface area contributed by atoms with Gasteiger partial charge >= 0.3 is 0 Å². The summed E-state index contributed by atoms with van der Waals surface area (Å²) >= 11 is 0. The van der Waals surface area contributed by atoms with Gasteiger partial charge in [0.1, 0.15) is 5.82 Å². The first kappa shape index (κ1) is 18.2. The van der Waals surface area contributed by atoms with Crippen LogP contribution in [0.5, 0.6) is 0 Å². The summed E-state index contributed by atoms with van der Waals surface area (Å²) in [4.78, 5) is 26.5. The number of H-pyrrole nitrogens is 1. The van der Waals surface area contributed by atoms with Gasteiger partial charge in [-0.05, 0) is 57.2 Å². The summed E-state index contributed by atoms with van der Waals surface area (Å²) in [6.45, 7) is 2.83. The lowest BCUT2D eigenvalue weighted by Crippen LogP contribution is -2.51. The van der Waals surface area contributed by atoms with Crippen molar-refractivity contribution in [1.29, 1.82) is 0 Å². The number of hydrogen-bond acceptors (Lipinski definition) is 3. The Morgan fingerprint density at radius 2 is 1.79 bits per heavy atom. The Bertz CT molecular complexity index is 792. The Labute approximate surface area is 167 Å². The quantitative estimate of drug-likeness (QED) is 0.873. The third-order valence-corrected chi connectivity index (χ3v) is 7.15. The van der Waals surface area contributed by atoms with Crippen LogP contribution in [0.3, 0.4) is 0 Å². The number of nitrogens with one attached hydrogen (secondary N) is 1. The molecule has 3 aliphatic rings. The van der Waals surface area contributed by atoms with Crippen LogP contribution in [0, 0.1) is 0 Å². The van der Waals surface area contributed by atoms with E-state index in [-0.39, 0.29) is 6.04 Å². The number of hydrogen-bond donors (Lipinski definition) is 1. The summed E-state index contributed by atoms with van der Waals surface area (Å²) in [5.74, 6) is 1.76. The Morgan fingerprint density at radius 1 is 0.964 bits per heavy atom. The van der Waals surface area contributed by atoms with Crippen molar-refractivity contribution < 1.29 is 4.79 Å². The van der Waals surface area contributed by atoms with Gasteiger partial charge in [-0.3, -0.25) is 9.69 Å². The molecule has 2 aromatic rings. The fraction of sp³-hybridized carbons (Fsp3) is 0.652. The van der Waals surface area contributed by atoms with E-state index in [0.29, 0.717) is 17.9 Å². The van der Waals surface area contributed by atoms with Crippen molar-refractivity contribution in [2.45, 2.75) is 75.8 Å². The minimum atomic E-state index is 0.123. The maximum atomic E-state index is 13.5. The molecular weight excluding hydrogens is 348 g/mol. The van der Waals surface area contributed by atoms with Crippen LogP contribution in [0.1, 0.15) is 69.5 Å². The predicted octanol–water partition coefficient (Wildman–Crippen LogP) is 4.07. The molecule has 1 amide bonds. The maximum absolute atomic E-state index is 13.5. The first-order valence-corrected chi connectivity index (χ1v) is 11.3. The van der Waals surface area contributed by atoms with Crippen molar-refractivity contribution in [1.82, 2.24) is 19.8 Å². The van der Waals surface area contributed by atoms with Gasteiger partial charge in [0.2, 0.25) is 5.91 Å². The number of likely N-dealkylation sites (tertiary alicyclic amines) is 2. The number of carbonyl (C=O) groups is 1. The topological polar surface area (TPSA) is 52.2 Å². The second kappa shape index (κ2) is 7.86. The Hall–Kier alpha value is -1.88. The molecule has 3 fully saturated rings. The summed E-state index contributed by atoms with van der Waals surface area (Å²) in [6, 6.07) is 8.98. The van der Waals surface area contributed by atoms with Crippen molar-refractivity contribution in [2.24, 2.45) is 0 Å². The smallest absolute Gasteiger partial charge is 0.239 e. The van der Waals surface area contributed by atoms with Gasteiger partial charge in [-0.1, -0.05) is 31.4 Å². The Kier molecular flexibility index (Phi) is 5.10. The van der Waals surface area contributed by atoms with Crippen molar-refractivity contribution in [3.05, 3.63) is 30.1 Å². The fourth-order valence-electron chi connectivity index (χ4n) is 5.68. The highest BCUT2D eigenvalue weighted by Gasteiger charge is 2.39. The molecule has 5 heteroatoms. The number of piperidine rings is 1. The molecule has 5 rings (SSSR count). The summed E-state index contributed by atoms with van der Waals surface area (Å²) < 4.78 is 0. The van der Waals surface area contributed by atoms with Crippen LogP contribution in [-0.2, 0) is 4.79 Å². The molecule has 150 valence electrons. The zero-order chi connectivity index (χ0) is 18.9. The molecule has 1 aliphatic carbocycles. The molecule has 28 heavy (non-hydrogen) atoms. The average Bonchev–Trinajstić information content (AvgIpc) is 3.41. The number of fused-ring (bicyclic) bond motifs is 1. The second-order valence-electron chi connectivity index (χ2n) is 8.95. The standard InChI is InChI=1S/C23H32N4O/c28-23(21-13-7-15-27(21)18-9-2-1-3-10-18)26-14-6-8-17(16-26)22-24-19-11-4-5-12-20(19)25-22/h4-5,11-12,17-18,21H,1-3,6-10,13-16H2,(H,24,25)/t17?,21-/m0/s1. The molecule has 2 aliphatic heterocycles. The molecular formula is C23H32N4O. The van der Waals surface area contributed by atoms with Crippen LogP contribution in [0.15, 0.2) is 24.3 Å². The van der Waals surface area contributed by atoms with Crippen LogP contribution in [0.4, 0.5) is 0 Å². The summed E-state index contributed by atoms with van der Waals surface area (Å²) in [5, 5.41) is 0. The first-order chi connectivity index (χ1) is 13.8. The van der Waals surface area contributed by atoms with Crippen molar-refractivity contribution in [3.8, 4) is 0 Å². The average molecular weight is 381 g/mol. The van der Waals surface area contributed by atoms with E-state index < -0.39 is 0 Å². The van der Waals surface area contributed by atoms with Crippen molar-refractivity contribution in [3.63, 3.8) is 0 Å². The van der Waals surface area contributed by atoms with Crippen LogP contribution in [0.25, 0.3) is 11.0 Å². The number of rotatable bonds is 3. The van der Waals surface area contributed by atoms with Crippen LogP contribution >= 0.6 is 0 Å². The van der Waals surface area contributed by atoms with E-state index in [0.717, 1.165) is 55.8 Å². The lowest BCUT2D eigenvalue weighted by Gasteiger charge is -2.39. The summed E-state index contributed by atoms with van der Waals surface area (Å²) in [7, 11) is 0. The van der Waals surface area contributed by atoms with Gasteiger partial charge in [-0.25, -0.2) is 4.98 Å². The zero-order valence-corrected chi connectivity index (χ0v) is 16.8. The van der Waals surface area contributed by atoms with E-state index in [9.17, 15) is 4.79 Å². The van der Waals surface area contributed by atoms with E-state index in [4.69, 9.17) is 4.98 Å². The van der Waals surface area contributed by atoms with Gasteiger partial charge in [0.25, 0.3) is 0 Å². The molecule has 1 N–H and O–H groups in total. The molecule has 0 spiro atoms. The minimum Gasteiger partial charge on any atom is -0.342 e. The Balaban J connectivity index is 1.29. The number of carbonyl (C=O) groups excluding carboxylic acids is 1. The number of benzene rings is 1. The predicted molar refractivity (Wildman–Crippen MR) is 111 cm³/mol. The van der Waals surface area contributed by atoms with Crippen molar-refractivity contribution in [2.75, 3.05) is 19.6 Å². The molecule has 2 atom stereocenters. The van der Waals surface area contributed by atoms with E-state index in [1.807, 2.05) is 12.1 Å². The lowest BCUT2D eigenvalue weighted by atomic mass is 9.93. The molecule has 2 saturated heterocycles. The van der Waals surface area contributed by atoms with E-state index in [1.54, 1.807) is 0 Å². The normalized spacial score (nSPS) is 27.5. The van der Waals surface area contributed by atoms with Gasteiger partial charge < -0.3 is 9.88 Å². The summed E-state index contributed by atoms with van der Waals surface area (Å²) in [5.41, 5.74) is 2.13. The molecule has 1 aromatic carbocycles. The van der Waals surface area contributed by atoms with E-state index in [2.05, 4.69) is 26.9 Å². The highest BCUT2D eigenvalue weighted by Crippen LogP contribution is 2.32. The SMILES string of the molecule is O=C([C@@H]1CCCN1C1CCCCC1)N1CCCC(c2nc3ccccc3[nH]2)C1. The number of para-hydroxylation sites is 2. The van der Waals surface area contributed by atoms with Crippen LogP contribution < -0.4 is 0 Å². The second-order valence-corrected chi connectivity index (χ2v) is 8.95. The fourth-order valence-corrected chi connectivity index (χ4v) is 5.68. The number of aromatic amines is 1. The van der Waals surface area contributed by atoms with Gasteiger partial charge in [0, 0.05) is 25.0 Å². The zero-order valence-electron chi connectivity index (χ0n) is 16.8. The lowest BCUT2D eigenvalue weighted by molar-refractivity contribution is -0.138. The molecule has 1 aromatic heterocycles. The molecule has 5 nitrogen and oxygen atoms in total. The molecule has 1 unspecified atom stereocenters. The molecule has 3 heterocycles. The summed E-state index contributed by atoms with van der Waals surface area (Å²) in [6.07, 6.45) is 11.0. The van der Waals surface area contributed by atoms with Gasteiger partial charge in [-0.15, -0.1) is 0 Å². The van der Waals surface area contributed by atoms with Crippen LogP contribution in [-0.4, -0.2) is 57.4 Å².